The quantitative estimate of drug-likeness (QED) is 0.0879. The van der Waals surface area contributed by atoms with Gasteiger partial charge in [-0.15, -0.1) is 22.7 Å². The van der Waals surface area contributed by atoms with E-state index in [-0.39, 0.29) is 30.6 Å². The standard InChI is InChI=1S/C40H53N7O5S2/c1-28(2)38-45-36(26-53-38)29(3)42-39(49)46-35(16-17-47-18-20-51-21-19-47)37(48)43-32(22-30-10-6-4-7-11-30)14-15-33(23-31-12-8-5-9-13-31)44-40(50)52-25-34-24-41-27-54-34/h4-13,24,26-29,32-33,35H,14-23,25H2,1-3H3,(H,43,48)(H,44,50)(H2,42,46,49)/t29?,32-,33-,35+/m1/s1. The van der Waals surface area contributed by atoms with Gasteiger partial charge in [-0.05, 0) is 50.2 Å². The average molecular weight is 776 g/mol. The monoisotopic (exact) mass is 775 g/mol. The number of carbonyl (C=O) groups excluding carboxylic acids is 3. The first-order chi connectivity index (χ1) is 26.2. The lowest BCUT2D eigenvalue weighted by molar-refractivity contribution is -0.124. The maximum absolute atomic E-state index is 14.2. The van der Waals surface area contributed by atoms with Crippen molar-refractivity contribution in [1.82, 2.24) is 36.1 Å². The second-order valence-electron chi connectivity index (χ2n) is 13.9. The second-order valence-corrected chi connectivity index (χ2v) is 15.8. The molecule has 4 aromatic rings. The van der Waals surface area contributed by atoms with E-state index < -0.39 is 18.2 Å². The van der Waals surface area contributed by atoms with Gasteiger partial charge in [-0.3, -0.25) is 14.7 Å². The third-order valence-corrected chi connectivity index (χ3v) is 11.2. The van der Waals surface area contributed by atoms with Gasteiger partial charge in [0, 0.05) is 49.2 Å². The van der Waals surface area contributed by atoms with Crippen molar-refractivity contribution in [2.24, 2.45) is 0 Å². The van der Waals surface area contributed by atoms with Crippen LogP contribution in [0.5, 0.6) is 0 Å². The SMILES string of the molecule is CC(C)c1nc(C(C)NC(=O)N[C@@H](CCN2CCOCC2)C(=O)N[C@H](CC[C@H](Cc2ccccc2)NC(=O)OCc2cncs2)Cc2ccccc2)cs1. The van der Waals surface area contributed by atoms with Gasteiger partial charge in [0.15, 0.2) is 0 Å². The molecule has 0 saturated carbocycles. The van der Waals surface area contributed by atoms with Crippen LogP contribution in [-0.2, 0) is 33.7 Å². The molecule has 0 radical (unpaired) electrons. The van der Waals surface area contributed by atoms with E-state index in [4.69, 9.17) is 14.5 Å². The number of carbonyl (C=O) groups is 3. The molecule has 1 fully saturated rings. The van der Waals surface area contributed by atoms with Crippen molar-refractivity contribution in [3.63, 3.8) is 0 Å². The molecule has 1 aliphatic rings. The number of morpholine rings is 1. The Morgan fingerprint density at radius 1 is 0.833 bits per heavy atom. The van der Waals surface area contributed by atoms with Crippen LogP contribution in [0.4, 0.5) is 9.59 Å². The van der Waals surface area contributed by atoms with E-state index >= 15 is 0 Å². The number of thiazole rings is 2. The molecule has 2 aromatic heterocycles. The summed E-state index contributed by atoms with van der Waals surface area (Å²) in [4.78, 5) is 52.4. The molecule has 0 aliphatic carbocycles. The van der Waals surface area contributed by atoms with Gasteiger partial charge in [0.2, 0.25) is 5.91 Å². The van der Waals surface area contributed by atoms with Crippen LogP contribution >= 0.6 is 22.7 Å². The predicted molar refractivity (Wildman–Crippen MR) is 213 cm³/mol. The van der Waals surface area contributed by atoms with Gasteiger partial charge in [-0.1, -0.05) is 74.5 Å². The third-order valence-electron chi connectivity index (χ3n) is 9.30. The minimum Gasteiger partial charge on any atom is -0.444 e. The highest BCUT2D eigenvalue weighted by Crippen LogP contribution is 2.23. The van der Waals surface area contributed by atoms with Gasteiger partial charge >= 0.3 is 12.1 Å². The Hall–Kier alpha value is -4.37. The van der Waals surface area contributed by atoms with Crippen molar-refractivity contribution < 1.29 is 23.9 Å². The van der Waals surface area contributed by atoms with Crippen LogP contribution in [0.1, 0.15) is 78.7 Å². The number of hydrogen-bond acceptors (Lipinski definition) is 10. The average Bonchev–Trinajstić information content (AvgIpc) is 3.90. The Kier molecular flexibility index (Phi) is 16.2. The zero-order valence-electron chi connectivity index (χ0n) is 31.4. The Morgan fingerprint density at radius 3 is 2.07 bits per heavy atom. The fourth-order valence-electron chi connectivity index (χ4n) is 6.25. The highest BCUT2D eigenvalue weighted by atomic mass is 32.1. The van der Waals surface area contributed by atoms with Gasteiger partial charge in [-0.25, -0.2) is 14.6 Å². The van der Waals surface area contributed by atoms with Gasteiger partial charge < -0.3 is 30.7 Å². The molecule has 0 spiro atoms. The molecule has 3 heterocycles. The van der Waals surface area contributed by atoms with E-state index in [1.165, 1.54) is 11.3 Å². The van der Waals surface area contributed by atoms with Gasteiger partial charge in [0.1, 0.15) is 12.6 Å². The van der Waals surface area contributed by atoms with Crippen molar-refractivity contribution in [3.8, 4) is 0 Å². The van der Waals surface area contributed by atoms with Crippen molar-refractivity contribution in [2.45, 2.75) is 89.6 Å². The first-order valence-corrected chi connectivity index (χ1v) is 20.5. The number of urea groups is 1. The first kappa shape index (κ1) is 40.8. The van der Waals surface area contributed by atoms with Crippen molar-refractivity contribution in [1.29, 1.82) is 0 Å². The topological polar surface area (TPSA) is 147 Å². The summed E-state index contributed by atoms with van der Waals surface area (Å²) in [5.74, 6) is 0.0496. The smallest absolute Gasteiger partial charge is 0.407 e. The minimum absolute atomic E-state index is 0.148. The van der Waals surface area contributed by atoms with Gasteiger partial charge in [-0.2, -0.15) is 0 Å². The van der Waals surface area contributed by atoms with Crippen LogP contribution in [0, 0.1) is 0 Å². The zero-order valence-corrected chi connectivity index (χ0v) is 33.0. The predicted octanol–water partition coefficient (Wildman–Crippen LogP) is 6.22. The fourth-order valence-corrected chi connectivity index (χ4v) is 7.69. The number of alkyl carbamates (subject to hydrolysis) is 1. The molecule has 54 heavy (non-hydrogen) atoms. The molecule has 2 aromatic carbocycles. The number of nitrogens with one attached hydrogen (secondary N) is 4. The Morgan fingerprint density at radius 2 is 1.48 bits per heavy atom. The third kappa shape index (κ3) is 13.8. The number of aromatic nitrogens is 2. The molecule has 1 aliphatic heterocycles. The number of ether oxygens (including phenoxy) is 2. The van der Waals surface area contributed by atoms with E-state index in [0.29, 0.717) is 57.8 Å². The van der Waals surface area contributed by atoms with Crippen LogP contribution in [0.3, 0.4) is 0 Å². The van der Waals surface area contributed by atoms with Crippen LogP contribution < -0.4 is 21.3 Å². The Bertz CT molecular complexity index is 1700. The normalized spacial score (nSPS) is 15.5. The molecule has 4 amide bonds. The van der Waals surface area contributed by atoms with E-state index in [2.05, 4.69) is 45.0 Å². The Labute approximate surface area is 326 Å². The number of rotatable bonds is 19. The Balaban J connectivity index is 1.27. The molecule has 290 valence electrons. The van der Waals surface area contributed by atoms with E-state index in [9.17, 15) is 14.4 Å². The summed E-state index contributed by atoms with van der Waals surface area (Å²) < 4.78 is 11.0. The second kappa shape index (κ2) is 21.5. The van der Waals surface area contributed by atoms with Crippen LogP contribution in [0.25, 0.3) is 0 Å². The maximum atomic E-state index is 14.2. The van der Waals surface area contributed by atoms with E-state index in [1.807, 2.05) is 73.0 Å². The summed E-state index contributed by atoms with van der Waals surface area (Å²) in [6.07, 6.45) is 3.96. The van der Waals surface area contributed by atoms with Crippen LogP contribution in [-0.4, -0.2) is 83.9 Å². The number of hydrogen-bond donors (Lipinski definition) is 4. The molecule has 5 rings (SSSR count). The van der Waals surface area contributed by atoms with E-state index in [0.717, 1.165) is 39.8 Å². The molecule has 0 bridgehead atoms. The summed E-state index contributed by atoms with van der Waals surface area (Å²) in [5.41, 5.74) is 4.66. The maximum Gasteiger partial charge on any atom is 0.407 e. The van der Waals surface area contributed by atoms with Crippen molar-refractivity contribution >= 4 is 40.7 Å². The van der Waals surface area contributed by atoms with Crippen LogP contribution in [0.2, 0.25) is 0 Å². The molecule has 14 heteroatoms. The molecule has 1 unspecified atom stereocenters. The largest absolute Gasteiger partial charge is 0.444 e. The summed E-state index contributed by atoms with van der Waals surface area (Å²) in [6, 6.07) is 18.0. The van der Waals surface area contributed by atoms with E-state index in [1.54, 1.807) is 23.0 Å². The molecule has 4 N–H and O–H groups in total. The van der Waals surface area contributed by atoms with Crippen molar-refractivity contribution in [2.75, 3.05) is 32.8 Å². The zero-order chi connectivity index (χ0) is 38.1. The molecular formula is C40H53N7O5S2. The highest BCUT2D eigenvalue weighted by molar-refractivity contribution is 7.09. The lowest BCUT2D eigenvalue weighted by atomic mass is 9.95. The van der Waals surface area contributed by atoms with Gasteiger partial charge in [0.25, 0.3) is 0 Å². The summed E-state index contributed by atoms with van der Waals surface area (Å²) in [7, 11) is 0. The minimum atomic E-state index is -0.778. The number of nitrogens with zero attached hydrogens (tertiary/aromatic N) is 3. The summed E-state index contributed by atoms with van der Waals surface area (Å²) in [6.45, 7) is 9.70. The molecule has 1 saturated heterocycles. The first-order valence-electron chi connectivity index (χ1n) is 18.7. The molecular weight excluding hydrogens is 723 g/mol. The number of benzene rings is 2. The molecule has 12 nitrogen and oxygen atoms in total. The number of amides is 4. The fraction of sp³-hybridized carbons (Fsp3) is 0.475. The summed E-state index contributed by atoms with van der Waals surface area (Å²) in [5, 5.41) is 15.3. The van der Waals surface area contributed by atoms with Gasteiger partial charge in [0.05, 0.1) is 40.3 Å². The lowest BCUT2D eigenvalue weighted by Crippen LogP contribution is -2.54. The van der Waals surface area contributed by atoms with Crippen LogP contribution in [0.15, 0.2) is 77.8 Å². The molecule has 4 atom stereocenters. The lowest BCUT2D eigenvalue weighted by Gasteiger charge is -2.29. The van der Waals surface area contributed by atoms with Crippen molar-refractivity contribution in [3.05, 3.63) is 104 Å². The summed E-state index contributed by atoms with van der Waals surface area (Å²) >= 11 is 3.01. The highest BCUT2D eigenvalue weighted by Gasteiger charge is 2.27.